The molecule has 2 atom stereocenters. The van der Waals surface area contributed by atoms with Crippen molar-refractivity contribution in [1.82, 2.24) is 0 Å². The van der Waals surface area contributed by atoms with Crippen LogP contribution < -0.4 is 0 Å². The van der Waals surface area contributed by atoms with Gasteiger partial charge in [0.05, 0.1) is 0 Å². The number of hydrogen-bond acceptors (Lipinski definition) is 0. The lowest BCUT2D eigenvalue weighted by atomic mass is 9.72. The van der Waals surface area contributed by atoms with Gasteiger partial charge in [0.25, 0.3) is 0 Å². The highest BCUT2D eigenvalue weighted by Crippen LogP contribution is 2.40. The zero-order chi connectivity index (χ0) is 9.26. The van der Waals surface area contributed by atoms with E-state index in [0.29, 0.717) is 0 Å². The Morgan fingerprint density at radius 3 is 2.77 bits per heavy atom. The molecule has 74 valence electrons. The summed E-state index contributed by atoms with van der Waals surface area (Å²) in [6, 6.07) is 0. The molecule has 0 aromatic rings. The van der Waals surface area contributed by atoms with Gasteiger partial charge in [0, 0.05) is 0 Å². The minimum absolute atomic E-state index is 0.857. The van der Waals surface area contributed by atoms with E-state index in [-0.39, 0.29) is 0 Å². The van der Waals surface area contributed by atoms with Gasteiger partial charge in [-0.3, -0.25) is 0 Å². The second-order valence-electron chi connectivity index (χ2n) is 5.17. The third kappa shape index (κ3) is 1.98. The first-order chi connectivity index (χ1) is 6.27. The van der Waals surface area contributed by atoms with Crippen LogP contribution in [0.15, 0.2) is 11.6 Å². The van der Waals surface area contributed by atoms with Crippen molar-refractivity contribution < 1.29 is 0 Å². The maximum Gasteiger partial charge on any atom is -0.0203 e. The topological polar surface area (TPSA) is 0 Å². The van der Waals surface area contributed by atoms with E-state index in [9.17, 15) is 0 Å². The fourth-order valence-corrected chi connectivity index (χ4v) is 2.94. The second kappa shape index (κ2) is 3.86. The van der Waals surface area contributed by atoms with Crippen LogP contribution >= 0.6 is 0 Å². The van der Waals surface area contributed by atoms with Crippen LogP contribution in [0.1, 0.15) is 52.4 Å². The first-order valence-electron chi connectivity index (χ1n) is 5.98. The van der Waals surface area contributed by atoms with E-state index in [1.54, 1.807) is 0 Å². The molecule has 0 amide bonds. The van der Waals surface area contributed by atoms with Crippen LogP contribution in [0.3, 0.4) is 0 Å². The Morgan fingerprint density at radius 2 is 2.00 bits per heavy atom. The quantitative estimate of drug-likeness (QED) is 0.529. The van der Waals surface area contributed by atoms with Gasteiger partial charge in [-0.2, -0.15) is 0 Å². The molecule has 0 aliphatic heterocycles. The third-order valence-electron chi connectivity index (χ3n) is 3.93. The van der Waals surface area contributed by atoms with Gasteiger partial charge in [0.1, 0.15) is 0 Å². The van der Waals surface area contributed by atoms with Gasteiger partial charge < -0.3 is 0 Å². The summed E-state index contributed by atoms with van der Waals surface area (Å²) in [5.41, 5.74) is 1.82. The Labute approximate surface area is 82.4 Å². The van der Waals surface area contributed by atoms with Crippen molar-refractivity contribution in [3.63, 3.8) is 0 Å². The fraction of sp³-hybridized carbons (Fsp3) is 0.846. The SMILES string of the molecule is CC(C)C1C=C2CCCCC2CC1. The maximum atomic E-state index is 2.62. The summed E-state index contributed by atoms with van der Waals surface area (Å²) >= 11 is 0. The number of hydrogen-bond donors (Lipinski definition) is 0. The third-order valence-corrected chi connectivity index (χ3v) is 3.93. The first kappa shape index (κ1) is 9.30. The van der Waals surface area contributed by atoms with Crippen molar-refractivity contribution in [1.29, 1.82) is 0 Å². The van der Waals surface area contributed by atoms with Crippen LogP contribution in [0.4, 0.5) is 0 Å². The highest BCUT2D eigenvalue weighted by Gasteiger charge is 2.25. The molecule has 0 heteroatoms. The smallest absolute Gasteiger partial charge is 0.0203 e. The summed E-state index contributed by atoms with van der Waals surface area (Å²) in [4.78, 5) is 0. The Hall–Kier alpha value is -0.260. The minimum atomic E-state index is 0.857. The largest absolute Gasteiger partial charge is 0.0817 e. The summed E-state index contributed by atoms with van der Waals surface area (Å²) < 4.78 is 0. The van der Waals surface area contributed by atoms with Gasteiger partial charge in [0.2, 0.25) is 0 Å². The van der Waals surface area contributed by atoms with Crippen molar-refractivity contribution in [2.45, 2.75) is 52.4 Å². The summed E-state index contributed by atoms with van der Waals surface area (Å²) in [6.07, 6.45) is 11.4. The van der Waals surface area contributed by atoms with Crippen molar-refractivity contribution in [2.75, 3.05) is 0 Å². The molecular formula is C13H22. The molecule has 1 saturated carbocycles. The normalized spacial score (nSPS) is 34.2. The molecule has 0 aromatic heterocycles. The van der Waals surface area contributed by atoms with Gasteiger partial charge in [-0.25, -0.2) is 0 Å². The monoisotopic (exact) mass is 178 g/mol. The van der Waals surface area contributed by atoms with Crippen LogP contribution in [0.25, 0.3) is 0 Å². The lowest BCUT2D eigenvalue weighted by Gasteiger charge is -2.33. The predicted octanol–water partition coefficient (Wildman–Crippen LogP) is 4.17. The van der Waals surface area contributed by atoms with E-state index in [1.165, 1.54) is 38.5 Å². The first-order valence-corrected chi connectivity index (χ1v) is 5.98. The molecule has 2 unspecified atom stereocenters. The molecule has 0 heterocycles. The van der Waals surface area contributed by atoms with Gasteiger partial charge in [-0.15, -0.1) is 0 Å². The fourth-order valence-electron chi connectivity index (χ4n) is 2.94. The van der Waals surface area contributed by atoms with Crippen molar-refractivity contribution in [3.05, 3.63) is 11.6 Å². The van der Waals surface area contributed by atoms with Crippen LogP contribution in [0.5, 0.6) is 0 Å². The summed E-state index contributed by atoms with van der Waals surface area (Å²) in [7, 11) is 0. The van der Waals surface area contributed by atoms with Crippen molar-refractivity contribution in [2.24, 2.45) is 17.8 Å². The van der Waals surface area contributed by atoms with Crippen LogP contribution in [-0.2, 0) is 0 Å². The number of fused-ring (bicyclic) bond motifs is 1. The van der Waals surface area contributed by atoms with E-state index in [0.717, 1.165) is 17.8 Å². The molecule has 0 aromatic carbocycles. The Morgan fingerprint density at radius 1 is 1.15 bits per heavy atom. The zero-order valence-electron chi connectivity index (χ0n) is 9.05. The number of rotatable bonds is 1. The lowest BCUT2D eigenvalue weighted by Crippen LogP contribution is -2.20. The summed E-state index contributed by atoms with van der Waals surface area (Å²) in [6.45, 7) is 4.73. The molecule has 13 heavy (non-hydrogen) atoms. The zero-order valence-corrected chi connectivity index (χ0v) is 9.05. The highest BCUT2D eigenvalue weighted by atomic mass is 14.3. The molecular weight excluding hydrogens is 156 g/mol. The highest BCUT2D eigenvalue weighted by molar-refractivity contribution is 5.14. The predicted molar refractivity (Wildman–Crippen MR) is 57.6 cm³/mol. The molecule has 0 nitrogen and oxygen atoms in total. The second-order valence-corrected chi connectivity index (χ2v) is 5.17. The van der Waals surface area contributed by atoms with Crippen molar-refractivity contribution >= 4 is 0 Å². The lowest BCUT2D eigenvalue weighted by molar-refractivity contribution is 0.323. The molecule has 2 aliphatic rings. The summed E-state index contributed by atoms with van der Waals surface area (Å²) in [5.74, 6) is 2.74. The Kier molecular flexibility index (Phi) is 2.76. The standard InChI is InChI=1S/C13H22/c1-10(2)12-8-7-11-5-3-4-6-13(11)9-12/h9-12H,3-8H2,1-2H3. The Balaban J connectivity index is 2.07. The maximum absolute atomic E-state index is 2.62. The van der Waals surface area contributed by atoms with E-state index < -0.39 is 0 Å². The molecule has 0 bridgehead atoms. The van der Waals surface area contributed by atoms with Crippen LogP contribution in [-0.4, -0.2) is 0 Å². The Bertz CT molecular complexity index is 200. The van der Waals surface area contributed by atoms with Gasteiger partial charge in [-0.1, -0.05) is 31.9 Å². The van der Waals surface area contributed by atoms with Crippen LogP contribution in [0.2, 0.25) is 0 Å². The number of allylic oxidation sites excluding steroid dienone is 2. The molecule has 0 saturated heterocycles. The van der Waals surface area contributed by atoms with E-state index in [4.69, 9.17) is 0 Å². The van der Waals surface area contributed by atoms with Crippen LogP contribution in [0, 0.1) is 17.8 Å². The molecule has 2 rings (SSSR count). The molecule has 0 radical (unpaired) electrons. The minimum Gasteiger partial charge on any atom is -0.0817 e. The average Bonchev–Trinajstić information content (AvgIpc) is 2.17. The van der Waals surface area contributed by atoms with Gasteiger partial charge in [0.15, 0.2) is 0 Å². The van der Waals surface area contributed by atoms with Gasteiger partial charge >= 0.3 is 0 Å². The van der Waals surface area contributed by atoms with E-state index in [2.05, 4.69) is 19.9 Å². The average molecular weight is 178 g/mol. The molecule has 1 fully saturated rings. The molecule has 0 spiro atoms. The summed E-state index contributed by atoms with van der Waals surface area (Å²) in [5, 5.41) is 0. The van der Waals surface area contributed by atoms with Crippen molar-refractivity contribution in [3.8, 4) is 0 Å². The van der Waals surface area contributed by atoms with Gasteiger partial charge in [-0.05, 0) is 49.9 Å². The molecule has 0 N–H and O–H groups in total. The van der Waals surface area contributed by atoms with E-state index >= 15 is 0 Å². The van der Waals surface area contributed by atoms with E-state index in [1.807, 2.05) is 5.57 Å². The molecule has 2 aliphatic carbocycles.